The minimum absolute atomic E-state index is 0.0469. The van der Waals surface area contributed by atoms with Crippen molar-refractivity contribution < 1.29 is 10.2 Å². The van der Waals surface area contributed by atoms with Gasteiger partial charge in [-0.15, -0.1) is 11.6 Å². The molecular formula is C8H14BrClO2. The Labute approximate surface area is 86.7 Å². The number of aliphatic hydroxyl groups is 2. The van der Waals surface area contributed by atoms with Gasteiger partial charge in [-0.1, -0.05) is 41.2 Å². The largest absolute Gasteiger partial charge is 0.395 e. The summed E-state index contributed by atoms with van der Waals surface area (Å²) >= 11 is 8.52. The summed E-state index contributed by atoms with van der Waals surface area (Å²) < 4.78 is 0. The fourth-order valence-electron chi connectivity index (χ4n) is 0.229. The predicted molar refractivity (Wildman–Crippen MR) is 56.9 cm³/mol. The van der Waals surface area contributed by atoms with Gasteiger partial charge in [-0.05, 0) is 0 Å². The van der Waals surface area contributed by atoms with E-state index >= 15 is 0 Å². The highest BCUT2D eigenvalue weighted by atomic mass is 79.9. The Morgan fingerprint density at radius 1 is 1.25 bits per heavy atom. The molecule has 0 spiro atoms. The molecule has 0 aromatic rings. The zero-order valence-corrected chi connectivity index (χ0v) is 9.13. The van der Waals surface area contributed by atoms with Gasteiger partial charge in [0.15, 0.2) is 0 Å². The van der Waals surface area contributed by atoms with Crippen molar-refractivity contribution in [3.63, 3.8) is 0 Å². The lowest BCUT2D eigenvalue weighted by atomic mass is 10.3. The number of hydrogen-bond donors (Lipinski definition) is 2. The Kier molecular flexibility index (Phi) is 13.7. The van der Waals surface area contributed by atoms with E-state index in [4.69, 9.17) is 21.8 Å². The average Bonchev–Trinajstić information content (AvgIpc) is 2.15. The Morgan fingerprint density at radius 2 is 1.67 bits per heavy atom. The van der Waals surface area contributed by atoms with Gasteiger partial charge in [0.05, 0.1) is 23.4 Å². The van der Waals surface area contributed by atoms with Crippen molar-refractivity contribution in [2.45, 2.75) is 10.2 Å². The molecule has 0 saturated heterocycles. The topological polar surface area (TPSA) is 40.5 Å². The van der Waals surface area contributed by atoms with Crippen LogP contribution in [-0.2, 0) is 0 Å². The molecule has 0 bridgehead atoms. The van der Waals surface area contributed by atoms with Crippen LogP contribution >= 0.6 is 27.5 Å². The Bertz CT molecular complexity index is 106. The van der Waals surface area contributed by atoms with Crippen LogP contribution in [0.15, 0.2) is 25.3 Å². The summed E-state index contributed by atoms with van der Waals surface area (Å²) in [7, 11) is 0. The van der Waals surface area contributed by atoms with E-state index < -0.39 is 0 Å². The van der Waals surface area contributed by atoms with Gasteiger partial charge in [-0.2, -0.15) is 0 Å². The molecule has 4 heteroatoms. The molecule has 2 atom stereocenters. The summed E-state index contributed by atoms with van der Waals surface area (Å²) in [6.07, 6.45) is 3.28. The molecule has 0 aliphatic heterocycles. The monoisotopic (exact) mass is 256 g/mol. The zero-order chi connectivity index (χ0) is 9.98. The first kappa shape index (κ1) is 14.7. The summed E-state index contributed by atoms with van der Waals surface area (Å²) in [4.78, 5) is -0.200. The summed E-state index contributed by atoms with van der Waals surface area (Å²) in [6, 6.07) is 0. The van der Waals surface area contributed by atoms with Crippen LogP contribution in [0.1, 0.15) is 0 Å². The summed E-state index contributed by atoms with van der Waals surface area (Å²) in [5.74, 6) is 0. The molecule has 0 heterocycles. The van der Waals surface area contributed by atoms with Crippen LogP contribution in [0, 0.1) is 0 Å². The van der Waals surface area contributed by atoms with Gasteiger partial charge in [0.2, 0.25) is 0 Å². The third-order valence-corrected chi connectivity index (χ3v) is 2.58. The van der Waals surface area contributed by atoms with E-state index in [1.807, 2.05) is 0 Å². The van der Waals surface area contributed by atoms with E-state index in [0.717, 1.165) is 0 Å². The van der Waals surface area contributed by atoms with Gasteiger partial charge in [0.1, 0.15) is 0 Å². The zero-order valence-electron chi connectivity index (χ0n) is 6.79. The molecule has 0 rings (SSSR count). The maximum absolute atomic E-state index is 8.39. The molecule has 0 amide bonds. The second-order valence-electron chi connectivity index (χ2n) is 1.87. The molecule has 0 radical (unpaired) electrons. The standard InChI is InChI=1S/C4H8BrClO2.C4H6/c5-3(1-7)4(6)2-8;1-3-4-2/h3-4,7-8H,1-2H2;3-4H,1-2H2. The molecule has 12 heavy (non-hydrogen) atoms. The first-order valence-electron chi connectivity index (χ1n) is 3.37. The van der Waals surface area contributed by atoms with Gasteiger partial charge < -0.3 is 10.2 Å². The Balaban J connectivity index is 0. The van der Waals surface area contributed by atoms with E-state index in [1.54, 1.807) is 12.2 Å². The highest BCUT2D eigenvalue weighted by Crippen LogP contribution is 2.09. The van der Waals surface area contributed by atoms with Crippen LogP contribution in [0.3, 0.4) is 0 Å². The average molecular weight is 258 g/mol. The van der Waals surface area contributed by atoms with E-state index in [2.05, 4.69) is 29.1 Å². The van der Waals surface area contributed by atoms with Crippen LogP contribution in [0.4, 0.5) is 0 Å². The second kappa shape index (κ2) is 11.2. The Hall–Kier alpha value is 0.170. The molecule has 0 aliphatic rings. The minimum Gasteiger partial charge on any atom is -0.395 e. The molecule has 0 aliphatic carbocycles. The maximum atomic E-state index is 8.39. The van der Waals surface area contributed by atoms with E-state index in [-0.39, 0.29) is 23.4 Å². The third-order valence-electron chi connectivity index (χ3n) is 0.908. The molecule has 0 aromatic heterocycles. The lowest BCUT2D eigenvalue weighted by Crippen LogP contribution is -2.21. The van der Waals surface area contributed by atoms with Crippen molar-refractivity contribution in [1.29, 1.82) is 0 Å². The predicted octanol–water partition coefficient (Wildman–Crippen LogP) is 1.70. The van der Waals surface area contributed by atoms with Crippen molar-refractivity contribution in [2.75, 3.05) is 13.2 Å². The fraction of sp³-hybridized carbons (Fsp3) is 0.500. The van der Waals surface area contributed by atoms with Gasteiger partial charge >= 0.3 is 0 Å². The maximum Gasteiger partial charge on any atom is 0.0714 e. The fourth-order valence-corrected chi connectivity index (χ4v) is 0.476. The van der Waals surface area contributed by atoms with E-state index in [9.17, 15) is 0 Å². The molecule has 0 saturated carbocycles. The normalized spacial score (nSPS) is 13.7. The van der Waals surface area contributed by atoms with Gasteiger partial charge in [-0.25, -0.2) is 0 Å². The number of alkyl halides is 2. The summed E-state index contributed by atoms with van der Waals surface area (Å²) in [5.41, 5.74) is 0. The number of hydrogen-bond acceptors (Lipinski definition) is 2. The summed E-state index contributed by atoms with van der Waals surface area (Å²) in [5, 5.41) is 16.4. The molecule has 0 fully saturated rings. The molecule has 2 nitrogen and oxygen atoms in total. The van der Waals surface area contributed by atoms with Gasteiger partial charge in [0, 0.05) is 0 Å². The van der Waals surface area contributed by atoms with E-state index in [1.165, 1.54) is 0 Å². The number of allylic oxidation sites excluding steroid dienone is 2. The number of rotatable bonds is 4. The Morgan fingerprint density at radius 3 is 1.75 bits per heavy atom. The van der Waals surface area contributed by atoms with Crippen LogP contribution < -0.4 is 0 Å². The second-order valence-corrected chi connectivity index (χ2v) is 3.61. The first-order chi connectivity index (χ1) is 5.63. The van der Waals surface area contributed by atoms with Gasteiger partial charge in [-0.3, -0.25) is 0 Å². The SMILES string of the molecule is C=CC=C.OCC(Cl)C(Br)CO. The van der Waals surface area contributed by atoms with Crippen molar-refractivity contribution >= 4 is 27.5 Å². The van der Waals surface area contributed by atoms with Crippen LogP contribution in [0.5, 0.6) is 0 Å². The molecular weight excluding hydrogens is 243 g/mol. The van der Waals surface area contributed by atoms with Crippen molar-refractivity contribution in [3.05, 3.63) is 25.3 Å². The molecule has 72 valence electrons. The number of halogens is 2. The van der Waals surface area contributed by atoms with Gasteiger partial charge in [0.25, 0.3) is 0 Å². The molecule has 2 N–H and O–H groups in total. The van der Waals surface area contributed by atoms with Crippen molar-refractivity contribution in [2.24, 2.45) is 0 Å². The third kappa shape index (κ3) is 10.2. The smallest absolute Gasteiger partial charge is 0.0714 e. The number of aliphatic hydroxyl groups excluding tert-OH is 2. The van der Waals surface area contributed by atoms with Crippen LogP contribution in [-0.4, -0.2) is 33.6 Å². The van der Waals surface area contributed by atoms with Crippen LogP contribution in [0.2, 0.25) is 0 Å². The summed E-state index contributed by atoms with van der Waals surface area (Å²) in [6.45, 7) is 6.56. The lowest BCUT2D eigenvalue weighted by molar-refractivity contribution is 0.252. The lowest BCUT2D eigenvalue weighted by Gasteiger charge is -2.08. The first-order valence-corrected chi connectivity index (χ1v) is 4.72. The van der Waals surface area contributed by atoms with E-state index in [0.29, 0.717) is 0 Å². The molecule has 0 aromatic carbocycles. The molecule has 2 unspecified atom stereocenters. The highest BCUT2D eigenvalue weighted by Gasteiger charge is 2.12. The van der Waals surface area contributed by atoms with Crippen molar-refractivity contribution in [1.82, 2.24) is 0 Å². The quantitative estimate of drug-likeness (QED) is 0.594. The van der Waals surface area contributed by atoms with Crippen molar-refractivity contribution in [3.8, 4) is 0 Å². The van der Waals surface area contributed by atoms with Crippen LogP contribution in [0.25, 0.3) is 0 Å². The highest BCUT2D eigenvalue weighted by molar-refractivity contribution is 9.09. The minimum atomic E-state index is -0.389.